The zero-order valence-electron chi connectivity index (χ0n) is 39.5. The highest BCUT2D eigenvalue weighted by Gasteiger charge is 2.45. The topological polar surface area (TPSA) is 239 Å². The van der Waals surface area contributed by atoms with Crippen LogP contribution in [0.1, 0.15) is 109 Å². The Labute approximate surface area is 409 Å². The highest BCUT2D eigenvalue weighted by atomic mass is 35.5. The Bertz CT molecular complexity index is 2200. The molecule has 67 heavy (non-hydrogen) atoms. The van der Waals surface area contributed by atoms with E-state index in [1.54, 1.807) is 33.9 Å². The van der Waals surface area contributed by atoms with Crippen LogP contribution in [0.4, 0.5) is 0 Å². The standard InChI is InChI=1S/C48H67ClN8O8S.ClH/c1-27(2)41(51)46(63)56-22-10-14-38(56)54-44(61)33(20-21-37(50)59)25-65-36-13-8-11-31(40(36)49)12-9-15-39(60)55-43(48(5,6)7)47(64)57-24-34(58)23-35(57)45(62)53-28(3)30-16-18-32(19-17-30)42-29(4)52-26-66-42;/h8,11,13,16-19,26-28,33-35,38,41,43,58H,9-10,12,14-15,20-25,51H2,1-7H3,(H2,50,59)(H,53,62)(H,54,61)(H,55,60);1H/t28-,33-,34+,35-,38-,41-,43+;/m0./s1. The quantitative estimate of drug-likeness (QED) is 0.0866. The van der Waals surface area contributed by atoms with Crippen LogP contribution in [0, 0.1) is 24.2 Å². The number of aromatic nitrogens is 1. The molecule has 2 aromatic carbocycles. The van der Waals surface area contributed by atoms with Gasteiger partial charge in [-0.2, -0.15) is 0 Å². The van der Waals surface area contributed by atoms with Crippen molar-refractivity contribution < 1.29 is 38.6 Å². The Morgan fingerprint density at radius 1 is 1.00 bits per heavy atom. The van der Waals surface area contributed by atoms with Crippen LogP contribution in [0.15, 0.2) is 48.0 Å². The summed E-state index contributed by atoms with van der Waals surface area (Å²) in [4.78, 5) is 88.1. The van der Waals surface area contributed by atoms with Gasteiger partial charge in [0.05, 0.1) is 51.8 Å². The van der Waals surface area contributed by atoms with Gasteiger partial charge in [-0.3, -0.25) is 28.8 Å². The smallest absolute Gasteiger partial charge is 0.246 e. The van der Waals surface area contributed by atoms with Gasteiger partial charge >= 0.3 is 0 Å². The lowest BCUT2D eigenvalue weighted by Gasteiger charge is -2.35. The molecule has 1 aromatic heterocycles. The Morgan fingerprint density at radius 2 is 1.70 bits per heavy atom. The summed E-state index contributed by atoms with van der Waals surface area (Å²) in [5, 5.41) is 19.9. The molecule has 3 aromatic rings. The van der Waals surface area contributed by atoms with E-state index in [1.165, 1.54) is 4.90 Å². The number of primary amides is 1. The summed E-state index contributed by atoms with van der Waals surface area (Å²) in [6.45, 7) is 13.4. The third kappa shape index (κ3) is 14.6. The molecule has 0 spiro atoms. The first-order chi connectivity index (χ1) is 31.2. The number of aliphatic hydroxyl groups excluding tert-OH is 1. The lowest BCUT2D eigenvalue weighted by atomic mass is 9.85. The molecule has 5 rings (SSSR count). The number of amides is 6. The zero-order valence-corrected chi connectivity index (χ0v) is 41.9. The van der Waals surface area contributed by atoms with Crippen LogP contribution in [-0.4, -0.2) is 105 Å². The average molecular weight is 988 g/mol. The number of nitrogens with one attached hydrogen (secondary N) is 3. The summed E-state index contributed by atoms with van der Waals surface area (Å²) in [5.41, 5.74) is 16.2. The Morgan fingerprint density at radius 3 is 2.33 bits per heavy atom. The highest BCUT2D eigenvalue weighted by Crippen LogP contribution is 2.32. The number of benzene rings is 2. The van der Waals surface area contributed by atoms with Crippen molar-refractivity contribution in [2.45, 2.75) is 136 Å². The third-order valence-electron chi connectivity index (χ3n) is 12.4. The molecule has 7 atom stereocenters. The normalized spacial score (nSPS) is 18.9. The number of rotatable bonds is 20. The predicted octanol–water partition coefficient (Wildman–Crippen LogP) is 5.20. The van der Waals surface area contributed by atoms with Crippen molar-refractivity contribution in [2.75, 3.05) is 19.7 Å². The number of hydrogen-bond donors (Lipinski definition) is 6. The molecule has 2 saturated heterocycles. The number of hydrogen-bond acceptors (Lipinski definition) is 11. The fraction of sp³-hybridized carbons (Fsp3) is 0.562. The van der Waals surface area contributed by atoms with Gasteiger partial charge in [0.15, 0.2) is 0 Å². The molecule has 0 bridgehead atoms. The number of aryl methyl sites for hydroxylation is 2. The first-order valence-electron chi connectivity index (χ1n) is 22.8. The van der Waals surface area contributed by atoms with Crippen molar-refractivity contribution in [1.82, 2.24) is 30.7 Å². The number of carbonyl (C=O) groups is 6. The highest BCUT2D eigenvalue weighted by molar-refractivity contribution is 7.13. The minimum Gasteiger partial charge on any atom is -0.491 e. The number of halogens is 2. The lowest BCUT2D eigenvalue weighted by molar-refractivity contribution is -0.144. The van der Waals surface area contributed by atoms with Gasteiger partial charge < -0.3 is 47.1 Å². The summed E-state index contributed by atoms with van der Waals surface area (Å²) in [6.07, 6.45) is 0.790. The van der Waals surface area contributed by atoms with E-state index in [0.717, 1.165) is 21.7 Å². The van der Waals surface area contributed by atoms with Crippen LogP contribution in [0.3, 0.4) is 0 Å². The first-order valence-corrected chi connectivity index (χ1v) is 24.1. The molecule has 2 fully saturated rings. The van der Waals surface area contributed by atoms with Crippen LogP contribution < -0.4 is 32.2 Å². The summed E-state index contributed by atoms with van der Waals surface area (Å²) < 4.78 is 6.08. The SMILES string of the molecule is Cc1ncsc1-c1ccc([C@H](C)NC(=O)[C@@H]2C[C@@H](O)CN2C(=O)[C@@H](NC(=O)CCCc2cccc(OC[C@H](CCC(N)=O)C(=O)N[C@@H]3CCCN3C(=O)[C@@H](N)C(C)C)c2Cl)C(C)(C)C)cc1.Cl. The molecule has 0 unspecified atom stereocenters. The zero-order chi connectivity index (χ0) is 48.5. The summed E-state index contributed by atoms with van der Waals surface area (Å²) >= 11 is 8.37. The molecule has 8 N–H and O–H groups in total. The molecule has 0 aliphatic carbocycles. The average Bonchev–Trinajstić information content (AvgIpc) is 4.02. The molecule has 2 aliphatic heterocycles. The maximum Gasteiger partial charge on any atom is 0.246 e. The number of ether oxygens (including phenoxy) is 1. The monoisotopic (exact) mass is 986 g/mol. The molecule has 19 heteroatoms. The predicted molar refractivity (Wildman–Crippen MR) is 261 cm³/mol. The van der Waals surface area contributed by atoms with Gasteiger partial charge in [-0.15, -0.1) is 23.7 Å². The second-order valence-corrected chi connectivity index (χ2v) is 20.2. The Kier molecular flexibility index (Phi) is 20.0. The molecule has 0 saturated carbocycles. The first kappa shape index (κ1) is 54.8. The Hall–Kier alpha value is -4.81. The number of likely N-dealkylation sites (tertiary alicyclic amines) is 2. The van der Waals surface area contributed by atoms with E-state index >= 15 is 0 Å². The maximum absolute atomic E-state index is 14.2. The van der Waals surface area contributed by atoms with Gasteiger partial charge in [-0.25, -0.2) is 4.98 Å². The summed E-state index contributed by atoms with van der Waals surface area (Å²) in [5.74, 6) is -2.94. The van der Waals surface area contributed by atoms with E-state index in [-0.39, 0.29) is 80.9 Å². The molecule has 3 heterocycles. The molecule has 16 nitrogen and oxygen atoms in total. The van der Waals surface area contributed by atoms with Gasteiger partial charge in [0.2, 0.25) is 35.4 Å². The van der Waals surface area contributed by atoms with Gasteiger partial charge in [-0.1, -0.05) is 82.6 Å². The van der Waals surface area contributed by atoms with Crippen molar-refractivity contribution in [3.63, 3.8) is 0 Å². The van der Waals surface area contributed by atoms with Crippen LogP contribution in [0.25, 0.3) is 10.4 Å². The molecule has 2 aliphatic rings. The van der Waals surface area contributed by atoms with Gasteiger partial charge in [-0.05, 0) is 80.0 Å². The Balaban J connectivity index is 0.00000980. The van der Waals surface area contributed by atoms with E-state index in [9.17, 15) is 33.9 Å². The van der Waals surface area contributed by atoms with E-state index in [4.69, 9.17) is 27.8 Å². The number of thiazole rings is 1. The van der Waals surface area contributed by atoms with E-state index < -0.39 is 59.4 Å². The van der Waals surface area contributed by atoms with Crippen LogP contribution in [-0.2, 0) is 35.2 Å². The number of β-amino-alcohol motifs (C(OH)–C–C–N with tert-alkyl or cyclic N) is 1. The van der Waals surface area contributed by atoms with Crippen molar-refractivity contribution in [3.8, 4) is 16.2 Å². The lowest BCUT2D eigenvalue weighted by Crippen LogP contribution is -2.57. The minimum absolute atomic E-state index is 0. The molecular weight excluding hydrogens is 920 g/mol. The molecular formula is C48H68Cl2N8O8S. The van der Waals surface area contributed by atoms with Gasteiger partial charge in [0.25, 0.3) is 0 Å². The van der Waals surface area contributed by atoms with Crippen molar-refractivity contribution in [2.24, 2.45) is 28.7 Å². The van der Waals surface area contributed by atoms with Crippen molar-refractivity contribution in [3.05, 3.63) is 69.8 Å². The summed E-state index contributed by atoms with van der Waals surface area (Å²) in [7, 11) is 0. The molecule has 6 amide bonds. The molecule has 0 radical (unpaired) electrons. The number of nitrogens with zero attached hydrogens (tertiary/aromatic N) is 3. The van der Waals surface area contributed by atoms with E-state index in [2.05, 4.69) is 20.9 Å². The van der Waals surface area contributed by atoms with Crippen molar-refractivity contribution in [1.29, 1.82) is 0 Å². The van der Waals surface area contributed by atoms with Crippen LogP contribution >= 0.6 is 35.3 Å². The van der Waals surface area contributed by atoms with Crippen LogP contribution in [0.5, 0.6) is 5.75 Å². The molecule has 368 valence electrons. The number of nitrogens with two attached hydrogens (primary N) is 2. The largest absolute Gasteiger partial charge is 0.491 e. The van der Waals surface area contributed by atoms with Gasteiger partial charge in [0.1, 0.15) is 24.0 Å². The number of aliphatic hydroxyl groups is 1. The second kappa shape index (κ2) is 24.5. The number of carbonyl (C=O) groups excluding carboxylic acids is 6. The van der Waals surface area contributed by atoms with Crippen molar-refractivity contribution >= 4 is 70.8 Å². The van der Waals surface area contributed by atoms with Crippen LogP contribution in [0.2, 0.25) is 5.02 Å². The second-order valence-electron chi connectivity index (χ2n) is 18.9. The third-order valence-corrected chi connectivity index (χ3v) is 13.8. The van der Waals surface area contributed by atoms with Gasteiger partial charge in [0, 0.05) is 32.4 Å². The minimum atomic E-state index is -0.986. The summed E-state index contributed by atoms with van der Waals surface area (Å²) in [6, 6.07) is 10.1. The van der Waals surface area contributed by atoms with E-state index in [0.29, 0.717) is 48.6 Å². The fourth-order valence-electron chi connectivity index (χ4n) is 8.28. The maximum atomic E-state index is 14.2. The van der Waals surface area contributed by atoms with E-state index in [1.807, 2.05) is 78.8 Å². The fourth-order valence-corrected chi connectivity index (χ4v) is 9.37.